The predicted molar refractivity (Wildman–Crippen MR) is 116 cm³/mol. The number of hydrogen-bond donors (Lipinski definition) is 1. The van der Waals surface area contributed by atoms with Gasteiger partial charge >= 0.3 is 12.1 Å². The highest BCUT2D eigenvalue weighted by Crippen LogP contribution is 2.17. The van der Waals surface area contributed by atoms with Crippen LogP contribution in [0.5, 0.6) is 0 Å². The Labute approximate surface area is 178 Å². The van der Waals surface area contributed by atoms with Gasteiger partial charge in [-0.15, -0.1) is 0 Å². The van der Waals surface area contributed by atoms with Gasteiger partial charge in [0.15, 0.2) is 5.12 Å². The molecule has 29 heavy (non-hydrogen) atoms. The van der Waals surface area contributed by atoms with Crippen molar-refractivity contribution < 1.29 is 23.9 Å². The molecule has 2 atom stereocenters. The van der Waals surface area contributed by atoms with Crippen molar-refractivity contribution in [2.24, 2.45) is 5.92 Å². The maximum Gasteiger partial charge on any atom is 0.407 e. The van der Waals surface area contributed by atoms with Gasteiger partial charge in [0.1, 0.15) is 5.60 Å². The summed E-state index contributed by atoms with van der Waals surface area (Å²) in [7, 11) is 0. The first-order valence-electron chi connectivity index (χ1n) is 9.87. The van der Waals surface area contributed by atoms with Gasteiger partial charge < -0.3 is 14.8 Å². The number of rotatable bonds is 9. The lowest BCUT2D eigenvalue weighted by Gasteiger charge is -2.25. The van der Waals surface area contributed by atoms with Crippen LogP contribution in [-0.2, 0) is 31.2 Å². The molecule has 1 aromatic carbocycles. The van der Waals surface area contributed by atoms with Gasteiger partial charge in [0.05, 0.1) is 12.5 Å². The Kier molecular flexibility index (Phi) is 10.2. The molecular weight excluding hydrogens is 390 g/mol. The van der Waals surface area contributed by atoms with E-state index in [2.05, 4.69) is 5.32 Å². The Morgan fingerprint density at radius 1 is 1.10 bits per heavy atom. The fraction of sp³-hybridized carbons (Fsp3) is 0.591. The van der Waals surface area contributed by atoms with Crippen molar-refractivity contribution in [2.45, 2.75) is 71.8 Å². The van der Waals surface area contributed by atoms with E-state index in [4.69, 9.17) is 9.47 Å². The first-order chi connectivity index (χ1) is 13.5. The van der Waals surface area contributed by atoms with Crippen LogP contribution in [0.4, 0.5) is 4.79 Å². The number of hydrogen-bond acceptors (Lipinski definition) is 6. The monoisotopic (exact) mass is 423 g/mol. The van der Waals surface area contributed by atoms with Crippen LogP contribution in [0.1, 0.15) is 59.1 Å². The molecule has 0 bridgehead atoms. The lowest BCUT2D eigenvalue weighted by Crippen LogP contribution is -2.41. The van der Waals surface area contributed by atoms with Crippen LogP contribution >= 0.6 is 11.8 Å². The molecule has 0 spiro atoms. The zero-order chi connectivity index (χ0) is 22.0. The third-order valence-corrected chi connectivity index (χ3v) is 4.88. The standard InChI is InChI=1S/C22H33NO5S/c1-7-27-20(25)15(2)12-19(23-21(26)28-22(4,5)6)13-17-8-10-18(11-9-17)14-29-16(3)24/h8-11,15,19H,7,12-14H2,1-6H3,(H,23,26)/t15-,19+/m0/s1. The van der Waals surface area contributed by atoms with E-state index in [1.54, 1.807) is 41.5 Å². The van der Waals surface area contributed by atoms with Gasteiger partial charge in [0, 0.05) is 18.7 Å². The van der Waals surface area contributed by atoms with E-state index in [0.717, 1.165) is 11.1 Å². The molecule has 6 nitrogen and oxygen atoms in total. The van der Waals surface area contributed by atoms with Crippen molar-refractivity contribution in [3.8, 4) is 0 Å². The van der Waals surface area contributed by atoms with E-state index in [-0.39, 0.29) is 23.0 Å². The smallest absolute Gasteiger partial charge is 0.407 e. The van der Waals surface area contributed by atoms with E-state index in [9.17, 15) is 14.4 Å². The summed E-state index contributed by atoms with van der Waals surface area (Å²) in [5.41, 5.74) is 1.49. The van der Waals surface area contributed by atoms with Crippen LogP contribution in [0.25, 0.3) is 0 Å². The number of ether oxygens (including phenoxy) is 2. The summed E-state index contributed by atoms with van der Waals surface area (Å²) in [4.78, 5) is 35.4. The van der Waals surface area contributed by atoms with E-state index in [1.165, 1.54) is 11.8 Å². The number of nitrogens with one attached hydrogen (secondary N) is 1. The summed E-state index contributed by atoms with van der Waals surface area (Å²) in [6.45, 7) is 10.9. The average molecular weight is 424 g/mol. The number of benzene rings is 1. The molecule has 0 aliphatic heterocycles. The Hall–Kier alpha value is -2.02. The molecule has 0 aliphatic carbocycles. The minimum atomic E-state index is -0.600. The van der Waals surface area contributed by atoms with Crippen molar-refractivity contribution in [1.82, 2.24) is 5.32 Å². The summed E-state index contributed by atoms with van der Waals surface area (Å²) >= 11 is 1.27. The van der Waals surface area contributed by atoms with Crippen molar-refractivity contribution in [3.63, 3.8) is 0 Å². The van der Waals surface area contributed by atoms with Crippen molar-refractivity contribution in [3.05, 3.63) is 35.4 Å². The first kappa shape index (κ1) is 25.0. The van der Waals surface area contributed by atoms with Gasteiger partial charge in [-0.05, 0) is 51.7 Å². The second-order valence-electron chi connectivity index (χ2n) is 8.03. The maximum absolute atomic E-state index is 12.3. The maximum atomic E-state index is 12.3. The first-order valence-corrected chi connectivity index (χ1v) is 10.9. The molecule has 1 amide bonds. The molecule has 0 aliphatic rings. The summed E-state index contributed by atoms with van der Waals surface area (Å²) in [6, 6.07) is 7.64. The fourth-order valence-corrected chi connectivity index (χ4v) is 3.28. The zero-order valence-electron chi connectivity index (χ0n) is 18.2. The van der Waals surface area contributed by atoms with Crippen LogP contribution in [0.2, 0.25) is 0 Å². The lowest BCUT2D eigenvalue weighted by molar-refractivity contribution is -0.147. The molecule has 1 aromatic rings. The second-order valence-corrected chi connectivity index (χ2v) is 9.19. The Balaban J connectivity index is 2.82. The highest BCUT2D eigenvalue weighted by molar-refractivity contribution is 8.12. The SMILES string of the molecule is CCOC(=O)[C@@H](C)C[C@H](Cc1ccc(CSC(C)=O)cc1)NC(=O)OC(C)(C)C. The Bertz CT molecular complexity index is 681. The second kappa shape index (κ2) is 11.9. The highest BCUT2D eigenvalue weighted by atomic mass is 32.2. The number of esters is 1. The molecule has 0 unspecified atom stereocenters. The number of carbonyl (C=O) groups excluding carboxylic acids is 3. The molecule has 0 fully saturated rings. The summed E-state index contributed by atoms with van der Waals surface area (Å²) in [6.07, 6.45) is 0.497. The van der Waals surface area contributed by atoms with Crippen LogP contribution in [-0.4, -0.2) is 35.4 Å². The number of thioether (sulfide) groups is 1. The van der Waals surface area contributed by atoms with Gasteiger partial charge in [-0.2, -0.15) is 0 Å². The van der Waals surface area contributed by atoms with Gasteiger partial charge in [0.25, 0.3) is 0 Å². The third kappa shape index (κ3) is 10.9. The fourth-order valence-electron chi connectivity index (χ4n) is 2.72. The molecule has 0 saturated heterocycles. The van der Waals surface area contributed by atoms with E-state index >= 15 is 0 Å². The molecule has 0 radical (unpaired) electrons. The molecule has 0 saturated carbocycles. The number of carbonyl (C=O) groups is 3. The van der Waals surface area contributed by atoms with Crippen LogP contribution in [0.15, 0.2) is 24.3 Å². The van der Waals surface area contributed by atoms with E-state index in [0.29, 0.717) is 25.2 Å². The minimum Gasteiger partial charge on any atom is -0.466 e. The van der Waals surface area contributed by atoms with Gasteiger partial charge in [0.2, 0.25) is 0 Å². The third-order valence-electron chi connectivity index (χ3n) is 4.00. The van der Waals surface area contributed by atoms with Gasteiger partial charge in [-0.25, -0.2) is 4.79 Å². The normalized spacial score (nSPS) is 13.3. The van der Waals surface area contributed by atoms with Gasteiger partial charge in [-0.3, -0.25) is 9.59 Å². The Morgan fingerprint density at radius 3 is 2.21 bits per heavy atom. The minimum absolute atomic E-state index is 0.0867. The molecule has 1 rings (SSSR count). The molecular formula is C22H33NO5S. The molecule has 7 heteroatoms. The lowest BCUT2D eigenvalue weighted by atomic mass is 9.96. The molecule has 0 heterocycles. The average Bonchev–Trinajstić information content (AvgIpc) is 2.59. The molecule has 0 aromatic heterocycles. The van der Waals surface area contributed by atoms with Crippen LogP contribution in [0, 0.1) is 5.92 Å². The summed E-state index contributed by atoms with van der Waals surface area (Å²) in [5.74, 6) is 0.0102. The molecule has 162 valence electrons. The Morgan fingerprint density at radius 2 is 1.69 bits per heavy atom. The van der Waals surface area contributed by atoms with Crippen molar-refractivity contribution in [1.29, 1.82) is 0 Å². The topological polar surface area (TPSA) is 81.7 Å². The summed E-state index contributed by atoms with van der Waals surface area (Å²) in [5, 5.41) is 2.97. The van der Waals surface area contributed by atoms with Gasteiger partial charge in [-0.1, -0.05) is 43.0 Å². The summed E-state index contributed by atoms with van der Waals surface area (Å²) < 4.78 is 10.5. The van der Waals surface area contributed by atoms with Crippen molar-refractivity contribution >= 4 is 28.9 Å². The van der Waals surface area contributed by atoms with E-state index < -0.39 is 11.7 Å². The van der Waals surface area contributed by atoms with Crippen LogP contribution in [0.3, 0.4) is 0 Å². The zero-order valence-corrected chi connectivity index (χ0v) is 19.1. The molecule has 1 N–H and O–H groups in total. The predicted octanol–water partition coefficient (Wildman–Crippen LogP) is 4.49. The quantitative estimate of drug-likeness (QED) is 0.589. The largest absolute Gasteiger partial charge is 0.466 e. The van der Waals surface area contributed by atoms with Crippen molar-refractivity contribution in [2.75, 3.05) is 6.61 Å². The van der Waals surface area contributed by atoms with Crippen LogP contribution < -0.4 is 5.32 Å². The number of amides is 1. The highest BCUT2D eigenvalue weighted by Gasteiger charge is 2.24. The van der Waals surface area contributed by atoms with E-state index in [1.807, 2.05) is 24.3 Å². The number of alkyl carbamates (subject to hydrolysis) is 1.